The lowest BCUT2D eigenvalue weighted by molar-refractivity contribution is -0.236. The SMILES string of the molecule is CC(C)C1=C2[C@H]3CC[C@@H]4[C@@]5(C)CC[C@H](OC(=O)[C@H]6C[C@@H](C(=O)O)C6(C)C)C(C)(C)[C@@H]5CC[C@@]4(C)[C@]3(C)CC[C@@]2(CC(=O)NC(F)(F)CNC(=O)c2ccc(Cl)cc2)CC1=O. The number of esters is 1. The standard InChI is InChI=1S/C48H65ClF2N2O7/c1-26(2)37-32(54)23-47(24-36(55)53-48(50,51)25-52-39(56)27-10-12-28(49)13-11-27)21-20-45(8)29(38(37)47)14-15-34-44(7)18-17-35(43(5,6)33(44)16-19-46(34,45)9)60-41(59)31-22-30(40(57)58)42(31,3)4/h10-13,26,29-31,33-35H,14-25H2,1-9H3,(H,52,56)(H,53,55)(H,57,58)/t29-,30+,31-,33+,34-,35+,44+,45-,46-,47+/m1/s1. The number of carboxylic acids is 1. The molecule has 10 atom stereocenters. The van der Waals surface area contributed by atoms with Gasteiger partial charge in [0.05, 0.1) is 11.8 Å². The van der Waals surface area contributed by atoms with Gasteiger partial charge in [-0.3, -0.25) is 29.3 Å². The molecular formula is C48H65ClF2N2O7. The zero-order chi connectivity index (χ0) is 44.2. The number of carbonyl (C=O) groups is 5. The molecule has 5 saturated carbocycles. The van der Waals surface area contributed by atoms with Crippen molar-refractivity contribution in [2.24, 2.45) is 68.0 Å². The molecule has 60 heavy (non-hydrogen) atoms. The number of rotatable bonds is 10. The lowest BCUT2D eigenvalue weighted by Crippen LogP contribution is -2.66. The van der Waals surface area contributed by atoms with Crippen molar-refractivity contribution in [2.75, 3.05) is 6.54 Å². The maximum absolute atomic E-state index is 15.3. The number of ketones is 1. The topological polar surface area (TPSA) is 139 Å². The highest BCUT2D eigenvalue weighted by Crippen LogP contribution is 2.77. The molecule has 330 valence electrons. The molecule has 3 N–H and O–H groups in total. The molecule has 0 saturated heterocycles. The van der Waals surface area contributed by atoms with Gasteiger partial charge in [-0.15, -0.1) is 0 Å². The Morgan fingerprint density at radius 3 is 2.15 bits per heavy atom. The first-order valence-corrected chi connectivity index (χ1v) is 22.6. The van der Waals surface area contributed by atoms with Gasteiger partial charge in [0.1, 0.15) is 12.6 Å². The Morgan fingerprint density at radius 1 is 0.867 bits per heavy atom. The van der Waals surface area contributed by atoms with Crippen LogP contribution >= 0.6 is 11.6 Å². The normalized spacial score (nSPS) is 37.8. The summed E-state index contributed by atoms with van der Waals surface area (Å²) in [5, 5.41) is 14.2. The molecule has 0 aromatic heterocycles. The van der Waals surface area contributed by atoms with E-state index in [9.17, 15) is 29.1 Å². The van der Waals surface area contributed by atoms with Crippen LogP contribution in [-0.4, -0.2) is 53.3 Å². The molecule has 1 aromatic rings. The van der Waals surface area contributed by atoms with Gasteiger partial charge in [-0.25, -0.2) is 0 Å². The third kappa shape index (κ3) is 6.93. The molecule has 0 bridgehead atoms. The van der Waals surface area contributed by atoms with Crippen molar-refractivity contribution < 1.29 is 42.6 Å². The highest BCUT2D eigenvalue weighted by Gasteiger charge is 2.70. The first-order valence-electron chi connectivity index (χ1n) is 22.2. The smallest absolute Gasteiger partial charge is 0.342 e. The van der Waals surface area contributed by atoms with Gasteiger partial charge in [-0.05, 0) is 133 Å². The number of Topliss-reactive ketones (excluding diaryl/α,β-unsaturated/α-hetero) is 1. The number of aliphatic carboxylic acids is 1. The molecule has 0 spiro atoms. The molecule has 1 aromatic carbocycles. The van der Waals surface area contributed by atoms with Gasteiger partial charge in [-0.1, -0.05) is 79.5 Å². The Labute approximate surface area is 358 Å². The van der Waals surface area contributed by atoms with Crippen LogP contribution in [0.2, 0.25) is 5.02 Å². The van der Waals surface area contributed by atoms with Crippen molar-refractivity contribution >= 4 is 41.1 Å². The molecule has 7 rings (SSSR count). The van der Waals surface area contributed by atoms with Crippen molar-refractivity contribution in [3.05, 3.63) is 46.0 Å². The summed E-state index contributed by atoms with van der Waals surface area (Å²) in [7, 11) is 0. The summed E-state index contributed by atoms with van der Waals surface area (Å²) >= 11 is 5.90. The van der Waals surface area contributed by atoms with Gasteiger partial charge in [0.2, 0.25) is 5.91 Å². The number of allylic oxidation sites excluding steroid dienone is 2. The Morgan fingerprint density at radius 2 is 1.53 bits per heavy atom. The number of carbonyl (C=O) groups excluding carboxylic acids is 4. The van der Waals surface area contributed by atoms with Gasteiger partial charge in [0.15, 0.2) is 5.78 Å². The summed E-state index contributed by atoms with van der Waals surface area (Å²) in [6.07, 6.45) is 6.61. The van der Waals surface area contributed by atoms with E-state index in [1.165, 1.54) is 24.3 Å². The number of alkyl halides is 2. The highest BCUT2D eigenvalue weighted by molar-refractivity contribution is 6.30. The van der Waals surface area contributed by atoms with Crippen molar-refractivity contribution in [1.82, 2.24) is 10.6 Å². The van der Waals surface area contributed by atoms with Crippen molar-refractivity contribution in [2.45, 2.75) is 145 Å². The monoisotopic (exact) mass is 854 g/mol. The lowest BCUT2D eigenvalue weighted by Gasteiger charge is -2.72. The van der Waals surface area contributed by atoms with Gasteiger partial charge >= 0.3 is 18.0 Å². The highest BCUT2D eigenvalue weighted by atomic mass is 35.5. The first kappa shape index (κ1) is 44.7. The van der Waals surface area contributed by atoms with Crippen LogP contribution in [0.3, 0.4) is 0 Å². The number of hydrogen-bond donors (Lipinski definition) is 3. The van der Waals surface area contributed by atoms with Crippen LogP contribution in [0.15, 0.2) is 35.4 Å². The third-order valence-corrected chi connectivity index (χ3v) is 18.3. The van der Waals surface area contributed by atoms with E-state index in [0.717, 1.165) is 56.1 Å². The number of halogens is 3. The zero-order valence-electron chi connectivity index (χ0n) is 36.9. The second kappa shape index (κ2) is 14.9. The number of amides is 2. The summed E-state index contributed by atoms with van der Waals surface area (Å²) in [6.45, 7) is 18.4. The maximum atomic E-state index is 15.3. The van der Waals surface area contributed by atoms with E-state index in [1.807, 2.05) is 33.0 Å². The van der Waals surface area contributed by atoms with Crippen molar-refractivity contribution in [3.63, 3.8) is 0 Å². The van der Waals surface area contributed by atoms with E-state index in [2.05, 4.69) is 39.9 Å². The number of hydrogen-bond acceptors (Lipinski definition) is 6. The Balaban J connectivity index is 1.09. The van der Waals surface area contributed by atoms with Crippen LogP contribution in [0.1, 0.15) is 143 Å². The van der Waals surface area contributed by atoms with Crippen LogP contribution in [0.4, 0.5) is 8.78 Å². The zero-order valence-corrected chi connectivity index (χ0v) is 37.6. The van der Waals surface area contributed by atoms with Crippen LogP contribution in [-0.2, 0) is 23.9 Å². The summed E-state index contributed by atoms with van der Waals surface area (Å²) < 4.78 is 37.0. The molecular weight excluding hydrogens is 790 g/mol. The molecule has 12 heteroatoms. The van der Waals surface area contributed by atoms with Crippen LogP contribution in [0.5, 0.6) is 0 Å². The molecule has 0 unspecified atom stereocenters. The largest absolute Gasteiger partial charge is 0.481 e. The van der Waals surface area contributed by atoms with E-state index in [-0.39, 0.29) is 69.8 Å². The van der Waals surface area contributed by atoms with Gasteiger partial charge in [0.25, 0.3) is 5.91 Å². The van der Waals surface area contributed by atoms with E-state index in [4.69, 9.17) is 16.3 Å². The number of ether oxygens (including phenoxy) is 1. The molecule has 2 amide bonds. The Kier molecular flexibility index (Phi) is 11.1. The molecule has 5 fully saturated rings. The van der Waals surface area contributed by atoms with Crippen LogP contribution < -0.4 is 10.6 Å². The lowest BCUT2D eigenvalue weighted by atomic mass is 9.33. The fourth-order valence-electron chi connectivity index (χ4n) is 14.6. The van der Waals surface area contributed by atoms with Gasteiger partial charge in [-0.2, -0.15) is 8.78 Å². The molecule has 0 heterocycles. The minimum Gasteiger partial charge on any atom is -0.481 e. The van der Waals surface area contributed by atoms with E-state index in [0.29, 0.717) is 29.7 Å². The Hall–Kier alpha value is -3.34. The van der Waals surface area contributed by atoms with Crippen LogP contribution in [0.25, 0.3) is 0 Å². The second-order valence-electron chi connectivity index (χ2n) is 21.9. The van der Waals surface area contributed by atoms with E-state index < -0.39 is 53.0 Å². The van der Waals surface area contributed by atoms with Crippen LogP contribution in [0, 0.1) is 68.0 Å². The maximum Gasteiger partial charge on any atom is 0.342 e. The molecule has 9 nitrogen and oxygen atoms in total. The number of fused-ring (bicyclic) bond motifs is 7. The quantitative estimate of drug-likeness (QED) is 0.157. The second-order valence-corrected chi connectivity index (χ2v) is 22.3. The Bertz CT molecular complexity index is 2000. The number of nitrogens with one attached hydrogen (secondary N) is 2. The van der Waals surface area contributed by atoms with Gasteiger partial charge in [0, 0.05) is 34.3 Å². The van der Waals surface area contributed by atoms with Gasteiger partial charge < -0.3 is 15.2 Å². The predicted octanol–water partition coefficient (Wildman–Crippen LogP) is 9.81. The van der Waals surface area contributed by atoms with E-state index in [1.54, 1.807) is 0 Å². The molecule has 6 aliphatic carbocycles. The average Bonchev–Trinajstić information content (AvgIpc) is 3.43. The van der Waals surface area contributed by atoms with Crippen molar-refractivity contribution in [1.29, 1.82) is 0 Å². The third-order valence-electron chi connectivity index (χ3n) is 18.0. The fraction of sp³-hybridized carbons (Fsp3) is 0.729. The predicted molar refractivity (Wildman–Crippen MR) is 224 cm³/mol. The average molecular weight is 856 g/mol. The minimum absolute atomic E-state index is 0.0142. The summed E-state index contributed by atoms with van der Waals surface area (Å²) in [4.78, 5) is 65.7. The number of benzene rings is 1. The summed E-state index contributed by atoms with van der Waals surface area (Å²) in [5.41, 5.74) is -0.187. The first-order chi connectivity index (χ1) is 27.7. The summed E-state index contributed by atoms with van der Waals surface area (Å²) in [6, 6.07) is 2.14. The molecule has 0 aliphatic heterocycles. The molecule has 6 aliphatic rings. The van der Waals surface area contributed by atoms with Crippen molar-refractivity contribution in [3.8, 4) is 0 Å². The minimum atomic E-state index is -3.71. The number of carboxylic acid groups (broad SMARTS) is 1. The fourth-order valence-corrected chi connectivity index (χ4v) is 14.7. The summed E-state index contributed by atoms with van der Waals surface area (Å²) in [5.74, 6) is -3.08. The van der Waals surface area contributed by atoms with E-state index >= 15 is 8.78 Å². The molecule has 0 radical (unpaired) electrons.